The van der Waals surface area contributed by atoms with E-state index in [-0.39, 0.29) is 17.4 Å². The van der Waals surface area contributed by atoms with E-state index < -0.39 is 10.8 Å². The van der Waals surface area contributed by atoms with E-state index in [4.69, 9.17) is 9.47 Å². The van der Waals surface area contributed by atoms with Crippen LogP contribution < -0.4 is 19.7 Å². The Kier molecular flexibility index (Phi) is 5.39. The van der Waals surface area contributed by atoms with Crippen molar-refractivity contribution in [2.24, 2.45) is 0 Å². The van der Waals surface area contributed by atoms with Crippen molar-refractivity contribution in [3.63, 3.8) is 0 Å². The van der Waals surface area contributed by atoms with Gasteiger partial charge >= 0.3 is 0 Å². The topological polar surface area (TPSA) is 93.9 Å². The van der Waals surface area contributed by atoms with E-state index in [9.17, 15) is 14.9 Å². The van der Waals surface area contributed by atoms with Gasteiger partial charge in [0.25, 0.3) is 11.6 Å². The molecule has 28 heavy (non-hydrogen) atoms. The zero-order valence-corrected chi connectivity index (χ0v) is 16.3. The lowest BCUT2D eigenvalue weighted by Crippen LogP contribution is -2.15. The first kappa shape index (κ1) is 19.5. The van der Waals surface area contributed by atoms with Gasteiger partial charge in [0, 0.05) is 43.8 Å². The molecule has 0 spiro atoms. The fourth-order valence-corrected chi connectivity index (χ4v) is 3.20. The third-order valence-electron chi connectivity index (χ3n) is 4.46. The molecule has 0 saturated carbocycles. The summed E-state index contributed by atoms with van der Waals surface area (Å²) >= 11 is 0. The number of amides is 1. The van der Waals surface area contributed by atoms with Gasteiger partial charge in [-0.2, -0.15) is 0 Å². The molecule has 1 aliphatic heterocycles. The van der Waals surface area contributed by atoms with Crippen molar-refractivity contribution < 1.29 is 19.2 Å². The van der Waals surface area contributed by atoms with Crippen LogP contribution in [0.15, 0.2) is 30.3 Å². The number of hydrogen-bond acceptors (Lipinski definition) is 6. The van der Waals surface area contributed by atoms with Gasteiger partial charge in [0.15, 0.2) is 0 Å². The predicted octanol–water partition coefficient (Wildman–Crippen LogP) is 3.64. The van der Waals surface area contributed by atoms with Gasteiger partial charge in [0.1, 0.15) is 23.3 Å². The van der Waals surface area contributed by atoms with Crippen LogP contribution in [0.3, 0.4) is 0 Å². The van der Waals surface area contributed by atoms with Crippen LogP contribution >= 0.6 is 0 Å². The van der Waals surface area contributed by atoms with Crippen LogP contribution in [-0.4, -0.2) is 37.6 Å². The van der Waals surface area contributed by atoms with Gasteiger partial charge in [-0.1, -0.05) is 0 Å². The van der Waals surface area contributed by atoms with Crippen LogP contribution in [0.25, 0.3) is 0 Å². The molecule has 1 amide bonds. The number of carbonyl (C=O) groups is 1. The van der Waals surface area contributed by atoms with Gasteiger partial charge < -0.3 is 19.7 Å². The Morgan fingerprint density at radius 3 is 2.75 bits per heavy atom. The van der Waals surface area contributed by atoms with Crippen molar-refractivity contribution in [2.75, 3.05) is 30.9 Å². The fraction of sp³-hybridized carbons (Fsp3) is 0.350. The highest BCUT2D eigenvalue weighted by molar-refractivity contribution is 6.06. The molecule has 2 aromatic carbocycles. The Hall–Kier alpha value is -3.29. The monoisotopic (exact) mass is 385 g/mol. The average Bonchev–Trinajstić information content (AvgIpc) is 3.00. The standard InChI is InChI=1S/C20H23N3O5/c1-5-27-19-10-14-8-12(2)28-18(14)11-15(19)21-20(24)13-6-7-16(22(3)4)17(9-13)23(25)26/h6-7,9-12H,5,8H2,1-4H3,(H,21,24)/t12-/m0/s1. The SMILES string of the molecule is CCOc1cc2c(cc1NC(=O)c1ccc(N(C)C)c([N+](=O)[O-])c1)O[C@@H](C)C2. The Bertz CT molecular complexity index is 926. The third-order valence-corrected chi connectivity index (χ3v) is 4.46. The molecule has 0 radical (unpaired) electrons. The third kappa shape index (κ3) is 3.85. The van der Waals surface area contributed by atoms with Crippen molar-refractivity contribution in [3.05, 3.63) is 51.6 Å². The summed E-state index contributed by atoms with van der Waals surface area (Å²) in [7, 11) is 3.42. The minimum Gasteiger partial charge on any atom is -0.492 e. The maximum atomic E-state index is 12.7. The summed E-state index contributed by atoms with van der Waals surface area (Å²) in [5, 5.41) is 14.2. The summed E-state index contributed by atoms with van der Waals surface area (Å²) in [6.45, 7) is 4.28. The second-order valence-electron chi connectivity index (χ2n) is 6.83. The molecule has 1 heterocycles. The maximum absolute atomic E-state index is 12.7. The first-order valence-electron chi connectivity index (χ1n) is 9.03. The van der Waals surface area contributed by atoms with E-state index in [1.807, 2.05) is 19.9 Å². The largest absolute Gasteiger partial charge is 0.492 e. The second kappa shape index (κ2) is 7.75. The second-order valence-corrected chi connectivity index (χ2v) is 6.83. The first-order chi connectivity index (χ1) is 13.3. The summed E-state index contributed by atoms with van der Waals surface area (Å²) in [5.41, 5.74) is 1.98. The van der Waals surface area contributed by atoms with Crippen LogP contribution in [0.2, 0.25) is 0 Å². The minimum atomic E-state index is -0.498. The number of nitro benzene ring substituents is 1. The summed E-state index contributed by atoms with van der Waals surface area (Å²) in [4.78, 5) is 25.2. The lowest BCUT2D eigenvalue weighted by atomic mass is 10.1. The van der Waals surface area contributed by atoms with Gasteiger partial charge in [0.2, 0.25) is 0 Å². The summed E-state index contributed by atoms with van der Waals surface area (Å²) in [5.74, 6) is 0.798. The molecule has 8 nitrogen and oxygen atoms in total. The average molecular weight is 385 g/mol. The van der Waals surface area contributed by atoms with Gasteiger partial charge in [-0.25, -0.2) is 0 Å². The van der Waals surface area contributed by atoms with E-state index in [1.54, 1.807) is 37.2 Å². The zero-order chi connectivity index (χ0) is 20.4. The highest BCUT2D eigenvalue weighted by Crippen LogP contribution is 2.38. The molecule has 8 heteroatoms. The number of fused-ring (bicyclic) bond motifs is 1. The quantitative estimate of drug-likeness (QED) is 0.603. The molecule has 148 valence electrons. The maximum Gasteiger partial charge on any atom is 0.293 e. The summed E-state index contributed by atoms with van der Waals surface area (Å²) < 4.78 is 11.4. The number of rotatable bonds is 6. The molecule has 3 rings (SSSR count). The van der Waals surface area contributed by atoms with Crippen molar-refractivity contribution in [3.8, 4) is 11.5 Å². The van der Waals surface area contributed by atoms with Crippen molar-refractivity contribution in [1.82, 2.24) is 0 Å². The molecular formula is C20H23N3O5. The smallest absolute Gasteiger partial charge is 0.293 e. The molecule has 0 saturated heterocycles. The van der Waals surface area contributed by atoms with E-state index >= 15 is 0 Å². The molecular weight excluding hydrogens is 362 g/mol. The number of anilines is 2. The molecule has 0 aromatic heterocycles. The van der Waals surface area contributed by atoms with Gasteiger partial charge in [-0.15, -0.1) is 0 Å². The Labute approximate surface area is 163 Å². The van der Waals surface area contributed by atoms with Crippen molar-refractivity contribution in [1.29, 1.82) is 0 Å². The fourth-order valence-electron chi connectivity index (χ4n) is 3.20. The highest BCUT2D eigenvalue weighted by atomic mass is 16.6. The van der Waals surface area contributed by atoms with E-state index in [0.29, 0.717) is 29.5 Å². The minimum absolute atomic E-state index is 0.0663. The first-order valence-corrected chi connectivity index (χ1v) is 9.03. The lowest BCUT2D eigenvalue weighted by Gasteiger charge is -2.15. The molecule has 1 aliphatic rings. The number of benzene rings is 2. The lowest BCUT2D eigenvalue weighted by molar-refractivity contribution is -0.384. The number of nitrogens with zero attached hydrogens (tertiary/aromatic N) is 2. The normalized spacial score (nSPS) is 14.8. The Balaban J connectivity index is 1.92. The molecule has 2 aromatic rings. The van der Waals surface area contributed by atoms with Gasteiger partial charge in [0.05, 0.1) is 17.2 Å². The number of nitro groups is 1. The highest BCUT2D eigenvalue weighted by Gasteiger charge is 2.24. The molecule has 1 atom stereocenters. The zero-order valence-electron chi connectivity index (χ0n) is 16.3. The van der Waals surface area contributed by atoms with Crippen LogP contribution in [0, 0.1) is 10.1 Å². The number of nitrogens with one attached hydrogen (secondary N) is 1. The van der Waals surface area contributed by atoms with Crippen LogP contribution in [0.5, 0.6) is 11.5 Å². The van der Waals surface area contributed by atoms with Crippen molar-refractivity contribution >= 4 is 23.0 Å². The number of ether oxygens (including phenoxy) is 2. The summed E-state index contributed by atoms with van der Waals surface area (Å²) in [6.07, 6.45) is 0.846. The molecule has 1 N–H and O–H groups in total. The summed E-state index contributed by atoms with van der Waals surface area (Å²) in [6, 6.07) is 8.00. The number of carbonyl (C=O) groups excluding carboxylic acids is 1. The predicted molar refractivity (Wildman–Crippen MR) is 107 cm³/mol. The van der Waals surface area contributed by atoms with E-state index in [2.05, 4.69) is 5.32 Å². The number of hydrogen-bond donors (Lipinski definition) is 1. The molecule has 0 bridgehead atoms. The molecule has 0 fully saturated rings. The van der Waals surface area contributed by atoms with Crippen LogP contribution in [0.1, 0.15) is 29.8 Å². The van der Waals surface area contributed by atoms with E-state index in [0.717, 1.165) is 12.0 Å². The Morgan fingerprint density at radius 2 is 2.11 bits per heavy atom. The Morgan fingerprint density at radius 1 is 1.36 bits per heavy atom. The van der Waals surface area contributed by atoms with Gasteiger partial charge in [-0.3, -0.25) is 14.9 Å². The van der Waals surface area contributed by atoms with Crippen molar-refractivity contribution in [2.45, 2.75) is 26.4 Å². The van der Waals surface area contributed by atoms with Crippen LogP contribution in [0.4, 0.5) is 17.1 Å². The van der Waals surface area contributed by atoms with E-state index in [1.165, 1.54) is 6.07 Å². The van der Waals surface area contributed by atoms with Gasteiger partial charge in [-0.05, 0) is 32.0 Å². The molecule has 0 unspecified atom stereocenters. The van der Waals surface area contributed by atoms with Crippen LogP contribution in [-0.2, 0) is 6.42 Å². The molecule has 0 aliphatic carbocycles.